The number of carbonyl (C=O) groups excluding carboxylic acids is 1. The van der Waals surface area contributed by atoms with Crippen LogP contribution >= 0.6 is 11.8 Å². The van der Waals surface area contributed by atoms with Gasteiger partial charge in [-0.05, 0) is 56.5 Å². The first-order chi connectivity index (χ1) is 14.0. The Bertz CT molecular complexity index is 1010. The van der Waals surface area contributed by atoms with Gasteiger partial charge in [0.25, 0.3) is 0 Å². The van der Waals surface area contributed by atoms with Crippen molar-refractivity contribution in [1.82, 2.24) is 9.97 Å². The average Bonchev–Trinajstić information content (AvgIpc) is 2.69. The van der Waals surface area contributed by atoms with Gasteiger partial charge in [0.2, 0.25) is 0 Å². The minimum atomic E-state index is -0.480. The lowest BCUT2D eigenvalue weighted by atomic mass is 10.2. The predicted octanol–water partition coefficient (Wildman–Crippen LogP) is 5.36. The van der Waals surface area contributed by atoms with E-state index in [9.17, 15) is 9.18 Å². The van der Waals surface area contributed by atoms with Crippen LogP contribution in [0.4, 0.5) is 15.9 Å². The second-order valence-electron chi connectivity index (χ2n) is 5.95. The van der Waals surface area contributed by atoms with Crippen LogP contribution in [0.2, 0.25) is 0 Å². The van der Waals surface area contributed by atoms with Crippen molar-refractivity contribution < 1.29 is 18.7 Å². The summed E-state index contributed by atoms with van der Waals surface area (Å²) in [7, 11) is 0. The molecule has 0 unspecified atom stereocenters. The van der Waals surface area contributed by atoms with Crippen LogP contribution in [0.5, 0.6) is 11.5 Å². The van der Waals surface area contributed by atoms with Crippen molar-refractivity contribution in [3.63, 3.8) is 0 Å². The Morgan fingerprint density at radius 2 is 1.90 bits per heavy atom. The van der Waals surface area contributed by atoms with E-state index in [0.717, 1.165) is 0 Å². The monoisotopic (exact) mass is 413 g/mol. The van der Waals surface area contributed by atoms with Crippen molar-refractivity contribution >= 4 is 29.2 Å². The zero-order valence-corrected chi connectivity index (χ0v) is 17.0. The predicted molar refractivity (Wildman–Crippen MR) is 111 cm³/mol. The molecule has 150 valence electrons. The molecule has 0 saturated carbocycles. The summed E-state index contributed by atoms with van der Waals surface area (Å²) < 4.78 is 24.1. The van der Waals surface area contributed by atoms with Crippen molar-refractivity contribution in [2.24, 2.45) is 0 Å². The zero-order valence-electron chi connectivity index (χ0n) is 16.2. The van der Waals surface area contributed by atoms with Crippen molar-refractivity contribution in [3.05, 3.63) is 65.6 Å². The van der Waals surface area contributed by atoms with E-state index in [-0.39, 0.29) is 12.4 Å². The van der Waals surface area contributed by atoms with E-state index in [0.29, 0.717) is 39.4 Å². The molecule has 0 bridgehead atoms. The fourth-order valence-corrected chi connectivity index (χ4v) is 3.00. The molecule has 0 fully saturated rings. The molecule has 1 heterocycles. The number of thioether (sulfide) groups is 1. The SMILES string of the molecule is CCOC(=O)c1c(C)nc(SC)nc1Nc1ccc(Oc2cccc(F)c2)cc1. The van der Waals surface area contributed by atoms with Crippen LogP contribution in [0.15, 0.2) is 53.7 Å². The molecule has 0 saturated heterocycles. The number of aryl methyl sites for hydroxylation is 1. The number of rotatable bonds is 7. The van der Waals surface area contributed by atoms with Crippen molar-refractivity contribution in [2.75, 3.05) is 18.2 Å². The van der Waals surface area contributed by atoms with Gasteiger partial charge in [0.1, 0.15) is 28.7 Å². The lowest BCUT2D eigenvalue weighted by Gasteiger charge is -2.14. The van der Waals surface area contributed by atoms with E-state index in [1.807, 2.05) is 6.26 Å². The number of carbonyl (C=O) groups is 1. The van der Waals surface area contributed by atoms with Gasteiger partial charge >= 0.3 is 5.97 Å². The molecule has 3 aromatic rings. The highest BCUT2D eigenvalue weighted by Crippen LogP contribution is 2.27. The minimum absolute atomic E-state index is 0.258. The molecule has 0 atom stereocenters. The Hall–Kier alpha value is -3.13. The quantitative estimate of drug-likeness (QED) is 0.318. The number of ether oxygens (including phenoxy) is 2. The van der Waals surface area contributed by atoms with Crippen LogP contribution < -0.4 is 10.1 Å². The normalized spacial score (nSPS) is 10.5. The van der Waals surface area contributed by atoms with E-state index in [2.05, 4.69) is 15.3 Å². The van der Waals surface area contributed by atoms with Gasteiger partial charge in [-0.15, -0.1) is 0 Å². The fraction of sp³-hybridized carbons (Fsp3) is 0.190. The number of hydrogen-bond acceptors (Lipinski definition) is 7. The van der Waals surface area contributed by atoms with Crippen LogP contribution in [0.1, 0.15) is 23.0 Å². The summed E-state index contributed by atoms with van der Waals surface area (Å²) in [5.41, 5.74) is 1.54. The fourth-order valence-electron chi connectivity index (χ4n) is 2.59. The molecule has 0 radical (unpaired) electrons. The van der Waals surface area contributed by atoms with Gasteiger partial charge in [0.15, 0.2) is 5.16 Å². The van der Waals surface area contributed by atoms with Gasteiger partial charge in [-0.3, -0.25) is 0 Å². The van der Waals surface area contributed by atoms with E-state index in [1.54, 1.807) is 50.2 Å². The summed E-state index contributed by atoms with van der Waals surface area (Å²) >= 11 is 1.38. The molecular formula is C21H20FN3O3S. The highest BCUT2D eigenvalue weighted by molar-refractivity contribution is 7.98. The van der Waals surface area contributed by atoms with E-state index >= 15 is 0 Å². The molecule has 8 heteroatoms. The van der Waals surface area contributed by atoms with E-state index in [1.165, 1.54) is 23.9 Å². The summed E-state index contributed by atoms with van der Waals surface area (Å²) in [5, 5.41) is 3.69. The zero-order chi connectivity index (χ0) is 20.8. The summed E-state index contributed by atoms with van der Waals surface area (Å²) in [5.74, 6) is 0.489. The maximum atomic E-state index is 13.3. The Balaban J connectivity index is 1.83. The average molecular weight is 413 g/mol. The minimum Gasteiger partial charge on any atom is -0.462 e. The van der Waals surface area contributed by atoms with Crippen molar-refractivity contribution in [1.29, 1.82) is 0 Å². The van der Waals surface area contributed by atoms with Crippen LogP contribution in [0.3, 0.4) is 0 Å². The number of halogens is 1. The number of esters is 1. The molecule has 3 rings (SSSR count). The standard InChI is InChI=1S/C21H20FN3O3S/c1-4-27-20(26)18-13(2)23-21(29-3)25-19(18)24-15-8-10-16(11-9-15)28-17-7-5-6-14(22)12-17/h5-12H,4H2,1-3H3,(H,23,24,25). The van der Waals surface area contributed by atoms with Crippen molar-refractivity contribution in [3.8, 4) is 11.5 Å². The highest BCUT2D eigenvalue weighted by atomic mass is 32.2. The lowest BCUT2D eigenvalue weighted by molar-refractivity contribution is 0.0525. The molecule has 0 aliphatic carbocycles. The topological polar surface area (TPSA) is 73.3 Å². The molecule has 29 heavy (non-hydrogen) atoms. The summed E-state index contributed by atoms with van der Waals surface area (Å²) in [4.78, 5) is 21.1. The molecule has 1 N–H and O–H groups in total. The first-order valence-corrected chi connectivity index (χ1v) is 10.1. The number of benzene rings is 2. The van der Waals surface area contributed by atoms with Crippen LogP contribution in [0.25, 0.3) is 0 Å². The maximum absolute atomic E-state index is 13.3. The third kappa shape index (κ3) is 5.23. The molecule has 2 aromatic carbocycles. The molecular weight excluding hydrogens is 393 g/mol. The second-order valence-corrected chi connectivity index (χ2v) is 6.72. The Kier molecular flexibility index (Phi) is 6.66. The third-order valence-electron chi connectivity index (χ3n) is 3.88. The Morgan fingerprint density at radius 3 is 2.55 bits per heavy atom. The molecule has 0 aliphatic rings. The van der Waals surface area contributed by atoms with E-state index < -0.39 is 5.97 Å². The highest BCUT2D eigenvalue weighted by Gasteiger charge is 2.20. The van der Waals surface area contributed by atoms with Gasteiger partial charge < -0.3 is 14.8 Å². The lowest BCUT2D eigenvalue weighted by Crippen LogP contribution is -2.13. The van der Waals surface area contributed by atoms with Gasteiger partial charge in [0.05, 0.1) is 12.3 Å². The number of anilines is 2. The molecule has 0 spiro atoms. The Morgan fingerprint density at radius 1 is 1.14 bits per heavy atom. The summed E-state index contributed by atoms with van der Waals surface area (Å²) in [6.45, 7) is 3.75. The maximum Gasteiger partial charge on any atom is 0.343 e. The molecule has 0 amide bonds. The Labute approximate surface area is 172 Å². The number of nitrogens with zero attached hydrogens (tertiary/aromatic N) is 2. The van der Waals surface area contributed by atoms with Crippen LogP contribution in [0, 0.1) is 12.7 Å². The molecule has 1 aromatic heterocycles. The summed E-state index contributed by atoms with van der Waals surface area (Å²) in [6.07, 6.45) is 1.86. The van der Waals surface area contributed by atoms with Gasteiger partial charge in [0, 0.05) is 11.8 Å². The van der Waals surface area contributed by atoms with E-state index in [4.69, 9.17) is 9.47 Å². The van der Waals surface area contributed by atoms with Gasteiger partial charge in [-0.1, -0.05) is 17.8 Å². The second kappa shape index (κ2) is 9.38. The van der Waals surface area contributed by atoms with Crippen LogP contribution in [-0.2, 0) is 4.74 Å². The van der Waals surface area contributed by atoms with Crippen LogP contribution in [-0.4, -0.2) is 28.8 Å². The molecule has 0 aliphatic heterocycles. The molecule has 6 nitrogen and oxygen atoms in total. The number of aromatic nitrogens is 2. The third-order valence-corrected chi connectivity index (χ3v) is 4.43. The van der Waals surface area contributed by atoms with Gasteiger partial charge in [-0.25, -0.2) is 19.2 Å². The van der Waals surface area contributed by atoms with Crippen molar-refractivity contribution in [2.45, 2.75) is 19.0 Å². The smallest absolute Gasteiger partial charge is 0.343 e. The number of nitrogens with one attached hydrogen (secondary N) is 1. The largest absolute Gasteiger partial charge is 0.462 e. The first-order valence-electron chi connectivity index (χ1n) is 8.90. The first kappa shape index (κ1) is 20.6. The number of hydrogen-bond donors (Lipinski definition) is 1. The van der Waals surface area contributed by atoms with Gasteiger partial charge in [-0.2, -0.15) is 0 Å². The summed E-state index contributed by atoms with van der Waals surface area (Å²) in [6, 6.07) is 13.0.